The number of nitrogens with one attached hydrogen (secondary N) is 2. The number of carbonyl (C=O) groups is 1. The summed E-state index contributed by atoms with van der Waals surface area (Å²) in [5.74, 6) is -0.313. The van der Waals surface area contributed by atoms with Crippen LogP contribution in [0.15, 0.2) is 51.5 Å². The van der Waals surface area contributed by atoms with Crippen molar-refractivity contribution in [2.45, 2.75) is 6.42 Å². The third kappa shape index (κ3) is 3.59. The number of benzene rings is 2. The molecule has 6 heteroatoms. The molecule has 0 aliphatic carbocycles. The van der Waals surface area contributed by atoms with Gasteiger partial charge in [-0.2, -0.15) is 0 Å². The van der Waals surface area contributed by atoms with E-state index in [0.717, 1.165) is 25.4 Å². The fraction of sp³-hybridized carbons (Fsp3) is 0.118. The number of amides is 1. The van der Waals surface area contributed by atoms with Gasteiger partial charge in [0.15, 0.2) is 0 Å². The van der Waals surface area contributed by atoms with Crippen LogP contribution in [0.3, 0.4) is 0 Å². The van der Waals surface area contributed by atoms with Gasteiger partial charge in [0, 0.05) is 32.6 Å². The van der Waals surface area contributed by atoms with Crippen LogP contribution in [0.25, 0.3) is 10.9 Å². The molecule has 3 rings (SSSR count). The Bertz CT molecular complexity index is 874. The van der Waals surface area contributed by atoms with Crippen LogP contribution in [-0.4, -0.2) is 22.5 Å². The van der Waals surface area contributed by atoms with Crippen LogP contribution in [0, 0.1) is 0 Å². The minimum atomic E-state index is -0.287. The molecule has 23 heavy (non-hydrogen) atoms. The second-order valence-electron chi connectivity index (χ2n) is 5.17. The van der Waals surface area contributed by atoms with E-state index in [1.54, 1.807) is 12.1 Å². The fourth-order valence-corrected chi connectivity index (χ4v) is 3.18. The van der Waals surface area contributed by atoms with E-state index in [1.165, 1.54) is 6.07 Å². The van der Waals surface area contributed by atoms with Crippen LogP contribution in [-0.2, 0) is 6.42 Å². The van der Waals surface area contributed by atoms with Crippen molar-refractivity contribution in [1.29, 1.82) is 0 Å². The molecule has 0 unspecified atom stereocenters. The number of aromatic nitrogens is 1. The normalized spacial score (nSPS) is 10.9. The number of hydrogen-bond donors (Lipinski definition) is 3. The van der Waals surface area contributed by atoms with Gasteiger partial charge in [-0.05, 0) is 48.4 Å². The quantitative estimate of drug-likeness (QED) is 0.567. The van der Waals surface area contributed by atoms with E-state index in [9.17, 15) is 9.90 Å². The SMILES string of the molecule is O=C(NCCc1c[nH]c2ccc(Br)cc12)c1cc(Br)ccc1O. The van der Waals surface area contributed by atoms with Gasteiger partial charge < -0.3 is 15.4 Å². The smallest absolute Gasteiger partial charge is 0.255 e. The summed E-state index contributed by atoms with van der Waals surface area (Å²) in [5.41, 5.74) is 2.47. The predicted octanol–water partition coefficient (Wildman–Crippen LogP) is 4.37. The van der Waals surface area contributed by atoms with Crippen molar-refractivity contribution in [2.24, 2.45) is 0 Å². The van der Waals surface area contributed by atoms with E-state index >= 15 is 0 Å². The number of rotatable bonds is 4. The van der Waals surface area contributed by atoms with Gasteiger partial charge in [-0.15, -0.1) is 0 Å². The molecule has 0 spiro atoms. The van der Waals surface area contributed by atoms with E-state index in [1.807, 2.05) is 18.3 Å². The minimum Gasteiger partial charge on any atom is -0.507 e. The summed E-state index contributed by atoms with van der Waals surface area (Å²) < 4.78 is 1.77. The molecule has 0 saturated heterocycles. The molecule has 2 aromatic carbocycles. The van der Waals surface area contributed by atoms with Crippen molar-refractivity contribution < 1.29 is 9.90 Å². The Kier molecular flexibility index (Phi) is 4.73. The molecule has 0 fully saturated rings. The van der Waals surface area contributed by atoms with Crippen LogP contribution in [0.2, 0.25) is 0 Å². The van der Waals surface area contributed by atoms with Gasteiger partial charge in [0.05, 0.1) is 5.56 Å². The Morgan fingerprint density at radius 2 is 1.87 bits per heavy atom. The number of phenols is 1. The summed E-state index contributed by atoms with van der Waals surface area (Å²) in [4.78, 5) is 15.4. The molecule has 0 atom stereocenters. The Morgan fingerprint density at radius 3 is 2.70 bits per heavy atom. The van der Waals surface area contributed by atoms with Gasteiger partial charge in [-0.3, -0.25) is 4.79 Å². The van der Waals surface area contributed by atoms with Gasteiger partial charge in [0.1, 0.15) is 5.75 Å². The lowest BCUT2D eigenvalue weighted by atomic mass is 10.1. The third-order valence-corrected chi connectivity index (χ3v) is 4.60. The first kappa shape index (κ1) is 16.1. The molecule has 1 amide bonds. The average Bonchev–Trinajstić information content (AvgIpc) is 2.92. The van der Waals surface area contributed by atoms with Crippen molar-refractivity contribution in [1.82, 2.24) is 10.3 Å². The Hall–Kier alpha value is -1.79. The highest BCUT2D eigenvalue weighted by Crippen LogP contribution is 2.23. The molecule has 0 aliphatic rings. The van der Waals surface area contributed by atoms with Gasteiger partial charge >= 0.3 is 0 Å². The minimum absolute atomic E-state index is 0.0262. The van der Waals surface area contributed by atoms with Gasteiger partial charge in [-0.25, -0.2) is 0 Å². The summed E-state index contributed by atoms with van der Waals surface area (Å²) in [6, 6.07) is 10.9. The highest BCUT2D eigenvalue weighted by molar-refractivity contribution is 9.10. The molecule has 3 aromatic rings. The number of phenolic OH excluding ortho intramolecular Hbond substituents is 1. The number of aromatic hydroxyl groups is 1. The van der Waals surface area contributed by atoms with Gasteiger partial charge in [0.25, 0.3) is 5.91 Å². The van der Waals surface area contributed by atoms with Crippen LogP contribution in [0.1, 0.15) is 15.9 Å². The van der Waals surface area contributed by atoms with Crippen molar-refractivity contribution in [3.05, 3.63) is 62.7 Å². The molecule has 0 bridgehead atoms. The van der Waals surface area contributed by atoms with Crippen molar-refractivity contribution >= 4 is 48.7 Å². The first-order valence-electron chi connectivity index (χ1n) is 7.07. The lowest BCUT2D eigenvalue weighted by Gasteiger charge is -2.07. The standard InChI is InChI=1S/C17H14Br2N2O2/c18-11-1-3-15-13(7-11)10(9-21-15)5-6-20-17(23)14-8-12(19)2-4-16(14)22/h1-4,7-9,21-22H,5-6H2,(H,20,23). The molecule has 118 valence electrons. The van der Waals surface area contributed by atoms with Crippen LogP contribution in [0.4, 0.5) is 0 Å². The lowest BCUT2D eigenvalue weighted by Crippen LogP contribution is -2.25. The van der Waals surface area contributed by atoms with E-state index in [4.69, 9.17) is 0 Å². The molecule has 3 N–H and O–H groups in total. The molecule has 1 heterocycles. The number of H-pyrrole nitrogens is 1. The molecule has 1 aromatic heterocycles. The summed E-state index contributed by atoms with van der Waals surface area (Å²) in [5, 5.41) is 13.7. The van der Waals surface area contributed by atoms with E-state index in [0.29, 0.717) is 13.0 Å². The summed E-state index contributed by atoms with van der Waals surface area (Å²) in [7, 11) is 0. The second kappa shape index (κ2) is 6.76. The van der Waals surface area contributed by atoms with Crippen LogP contribution < -0.4 is 5.32 Å². The van der Waals surface area contributed by atoms with E-state index in [2.05, 4.69) is 48.2 Å². The fourth-order valence-electron chi connectivity index (χ4n) is 2.45. The lowest BCUT2D eigenvalue weighted by molar-refractivity contribution is 0.0951. The number of carbonyl (C=O) groups excluding carboxylic acids is 1. The first-order valence-corrected chi connectivity index (χ1v) is 8.65. The van der Waals surface area contributed by atoms with Crippen molar-refractivity contribution in [2.75, 3.05) is 6.54 Å². The molecular formula is C17H14Br2N2O2. The number of fused-ring (bicyclic) bond motifs is 1. The highest BCUT2D eigenvalue weighted by atomic mass is 79.9. The zero-order chi connectivity index (χ0) is 16.4. The van der Waals surface area contributed by atoms with Crippen LogP contribution in [0.5, 0.6) is 5.75 Å². The largest absolute Gasteiger partial charge is 0.507 e. The van der Waals surface area contributed by atoms with Gasteiger partial charge in [0.2, 0.25) is 0 Å². The molecule has 0 aliphatic heterocycles. The Labute approximate surface area is 150 Å². The maximum absolute atomic E-state index is 12.2. The van der Waals surface area contributed by atoms with E-state index in [-0.39, 0.29) is 17.2 Å². The third-order valence-electron chi connectivity index (χ3n) is 3.61. The predicted molar refractivity (Wildman–Crippen MR) is 97.8 cm³/mol. The first-order chi connectivity index (χ1) is 11.0. The van der Waals surface area contributed by atoms with Crippen molar-refractivity contribution in [3.63, 3.8) is 0 Å². The number of halogens is 2. The number of aromatic amines is 1. The summed E-state index contributed by atoms with van der Waals surface area (Å²) in [6.07, 6.45) is 2.66. The summed E-state index contributed by atoms with van der Waals surface area (Å²) >= 11 is 6.77. The topological polar surface area (TPSA) is 65.1 Å². The zero-order valence-electron chi connectivity index (χ0n) is 12.1. The highest BCUT2D eigenvalue weighted by Gasteiger charge is 2.11. The zero-order valence-corrected chi connectivity index (χ0v) is 15.2. The number of hydrogen-bond acceptors (Lipinski definition) is 2. The second-order valence-corrected chi connectivity index (χ2v) is 7.00. The maximum Gasteiger partial charge on any atom is 0.255 e. The van der Waals surface area contributed by atoms with Gasteiger partial charge in [-0.1, -0.05) is 31.9 Å². The molecule has 0 saturated carbocycles. The molecule has 0 radical (unpaired) electrons. The van der Waals surface area contributed by atoms with Crippen LogP contribution >= 0.6 is 31.9 Å². The molecular weight excluding hydrogens is 424 g/mol. The maximum atomic E-state index is 12.2. The van der Waals surface area contributed by atoms with E-state index < -0.39 is 0 Å². The Morgan fingerprint density at radius 1 is 1.13 bits per heavy atom. The average molecular weight is 438 g/mol. The Balaban J connectivity index is 1.67. The van der Waals surface area contributed by atoms with Crippen molar-refractivity contribution in [3.8, 4) is 5.75 Å². The summed E-state index contributed by atoms with van der Waals surface area (Å²) in [6.45, 7) is 0.490. The molecule has 4 nitrogen and oxygen atoms in total. The monoisotopic (exact) mass is 436 g/mol.